The van der Waals surface area contributed by atoms with E-state index in [0.717, 1.165) is 6.20 Å². The van der Waals surface area contributed by atoms with E-state index in [2.05, 4.69) is 10.3 Å². The van der Waals surface area contributed by atoms with Gasteiger partial charge < -0.3 is 5.32 Å². The first-order valence-corrected chi connectivity index (χ1v) is 5.80. The highest BCUT2D eigenvalue weighted by Gasteiger charge is 2.35. The number of amides is 1. The first-order valence-electron chi connectivity index (χ1n) is 5.80. The number of anilines is 1. The highest BCUT2D eigenvalue weighted by molar-refractivity contribution is 6.05. The number of nitrogens with one attached hydrogen (secondary N) is 1. The Kier molecular flexibility index (Phi) is 2.55. The van der Waals surface area contributed by atoms with Gasteiger partial charge in [0.05, 0.1) is 12.1 Å². The SMILES string of the molecule is Cc1c(F)cnc(F)c1C1C(=O)Nc2ccccc21. The van der Waals surface area contributed by atoms with E-state index in [1.54, 1.807) is 24.3 Å². The third-order valence-electron chi connectivity index (χ3n) is 3.36. The van der Waals surface area contributed by atoms with E-state index in [9.17, 15) is 13.6 Å². The number of fused-ring (bicyclic) bond motifs is 1. The first-order chi connectivity index (χ1) is 9.09. The van der Waals surface area contributed by atoms with Crippen molar-refractivity contribution in [1.82, 2.24) is 4.98 Å². The molecule has 0 saturated heterocycles. The molecule has 0 saturated carbocycles. The predicted molar refractivity (Wildman–Crippen MR) is 65.8 cm³/mol. The molecular weight excluding hydrogens is 250 g/mol. The van der Waals surface area contributed by atoms with Crippen LogP contribution < -0.4 is 5.32 Å². The summed E-state index contributed by atoms with van der Waals surface area (Å²) < 4.78 is 27.4. The van der Waals surface area contributed by atoms with Crippen molar-refractivity contribution >= 4 is 11.6 Å². The molecule has 0 aliphatic carbocycles. The van der Waals surface area contributed by atoms with Crippen LogP contribution in [-0.2, 0) is 4.79 Å². The summed E-state index contributed by atoms with van der Waals surface area (Å²) in [5.74, 6) is -2.64. The summed E-state index contributed by atoms with van der Waals surface area (Å²) in [7, 11) is 0. The molecule has 1 aromatic heterocycles. The zero-order chi connectivity index (χ0) is 13.6. The molecule has 1 aliphatic rings. The van der Waals surface area contributed by atoms with Gasteiger partial charge in [0.15, 0.2) is 0 Å². The van der Waals surface area contributed by atoms with Crippen molar-refractivity contribution in [1.29, 1.82) is 0 Å². The summed E-state index contributed by atoms with van der Waals surface area (Å²) >= 11 is 0. The Morgan fingerprint density at radius 1 is 1.26 bits per heavy atom. The predicted octanol–water partition coefficient (Wildman–Crippen LogP) is 2.75. The molecule has 0 radical (unpaired) electrons. The van der Waals surface area contributed by atoms with E-state index in [0.29, 0.717) is 11.3 Å². The minimum atomic E-state index is -0.848. The number of benzene rings is 1. The molecule has 0 spiro atoms. The van der Waals surface area contributed by atoms with Crippen LogP contribution in [0.1, 0.15) is 22.6 Å². The number of halogens is 2. The van der Waals surface area contributed by atoms with E-state index in [-0.39, 0.29) is 17.0 Å². The molecule has 0 fully saturated rings. The highest BCUT2D eigenvalue weighted by atomic mass is 19.1. The van der Waals surface area contributed by atoms with Crippen molar-refractivity contribution in [2.75, 3.05) is 5.32 Å². The largest absolute Gasteiger partial charge is 0.325 e. The quantitative estimate of drug-likeness (QED) is 0.801. The summed E-state index contributed by atoms with van der Waals surface area (Å²) in [4.78, 5) is 15.4. The fraction of sp³-hybridized carbons (Fsp3) is 0.143. The van der Waals surface area contributed by atoms with Crippen LogP contribution in [0.4, 0.5) is 14.5 Å². The van der Waals surface area contributed by atoms with E-state index >= 15 is 0 Å². The van der Waals surface area contributed by atoms with Gasteiger partial charge in [-0.25, -0.2) is 9.37 Å². The number of rotatable bonds is 1. The van der Waals surface area contributed by atoms with Gasteiger partial charge in [-0.3, -0.25) is 4.79 Å². The van der Waals surface area contributed by atoms with Crippen LogP contribution in [0.2, 0.25) is 0 Å². The van der Waals surface area contributed by atoms with Gasteiger partial charge in [0, 0.05) is 11.3 Å². The van der Waals surface area contributed by atoms with Gasteiger partial charge >= 0.3 is 0 Å². The molecule has 3 rings (SSSR count). The van der Waals surface area contributed by atoms with Gasteiger partial charge in [-0.05, 0) is 24.1 Å². The Labute approximate surface area is 108 Å². The summed E-state index contributed by atoms with van der Waals surface area (Å²) in [6.07, 6.45) is 0.826. The van der Waals surface area contributed by atoms with Gasteiger partial charge in [0.1, 0.15) is 5.82 Å². The molecule has 1 N–H and O–H groups in total. The average Bonchev–Trinajstić information content (AvgIpc) is 2.72. The van der Waals surface area contributed by atoms with Crippen LogP contribution in [0.25, 0.3) is 0 Å². The summed E-state index contributed by atoms with van der Waals surface area (Å²) in [6.45, 7) is 1.45. The first kappa shape index (κ1) is 11.8. The fourth-order valence-corrected chi connectivity index (χ4v) is 2.39. The standard InChI is InChI=1S/C14H10F2N2O/c1-7-9(15)6-17-13(16)11(7)12-8-4-2-3-5-10(8)18-14(12)19/h2-6,12H,1H3,(H,18,19). The van der Waals surface area contributed by atoms with Gasteiger partial charge in [-0.2, -0.15) is 4.39 Å². The minimum absolute atomic E-state index is 0.00227. The molecule has 1 aliphatic heterocycles. The van der Waals surface area contributed by atoms with Crippen LogP contribution in [0, 0.1) is 18.7 Å². The maximum absolute atomic E-state index is 13.9. The second-order valence-corrected chi connectivity index (χ2v) is 4.45. The molecule has 2 aromatic rings. The molecule has 3 nitrogen and oxygen atoms in total. The van der Waals surface area contributed by atoms with Gasteiger partial charge in [-0.1, -0.05) is 18.2 Å². The number of hydrogen-bond donors (Lipinski definition) is 1. The second-order valence-electron chi connectivity index (χ2n) is 4.45. The summed E-state index contributed by atoms with van der Waals surface area (Å²) in [6, 6.07) is 6.98. The number of aromatic nitrogens is 1. The number of hydrogen-bond acceptors (Lipinski definition) is 2. The maximum atomic E-state index is 13.9. The van der Waals surface area contributed by atoms with Crippen molar-refractivity contribution in [3.63, 3.8) is 0 Å². The Balaban J connectivity index is 2.24. The van der Waals surface area contributed by atoms with Crippen molar-refractivity contribution < 1.29 is 13.6 Å². The molecule has 1 unspecified atom stereocenters. The Morgan fingerprint density at radius 3 is 2.79 bits per heavy atom. The summed E-state index contributed by atoms with van der Waals surface area (Å²) in [5.41, 5.74) is 1.38. The molecule has 1 atom stereocenters. The lowest BCUT2D eigenvalue weighted by molar-refractivity contribution is -0.116. The van der Waals surface area contributed by atoms with E-state index in [1.807, 2.05) is 0 Å². The Hall–Kier alpha value is -2.30. The monoisotopic (exact) mass is 260 g/mol. The number of pyridine rings is 1. The lowest BCUT2D eigenvalue weighted by Crippen LogP contribution is -2.17. The van der Waals surface area contributed by atoms with Crippen LogP contribution in [0.5, 0.6) is 0 Å². The zero-order valence-electron chi connectivity index (χ0n) is 10.1. The smallest absolute Gasteiger partial charge is 0.236 e. The number of carbonyl (C=O) groups excluding carboxylic acids is 1. The number of nitrogens with zero attached hydrogens (tertiary/aromatic N) is 1. The second kappa shape index (κ2) is 4.12. The number of carbonyl (C=O) groups is 1. The molecule has 0 bridgehead atoms. The zero-order valence-corrected chi connectivity index (χ0v) is 10.1. The van der Waals surface area contributed by atoms with Crippen molar-refractivity contribution in [2.45, 2.75) is 12.8 Å². The maximum Gasteiger partial charge on any atom is 0.236 e. The molecule has 1 amide bonds. The van der Waals surface area contributed by atoms with Crippen molar-refractivity contribution in [3.05, 3.63) is 58.9 Å². The lowest BCUT2D eigenvalue weighted by Gasteiger charge is -2.13. The summed E-state index contributed by atoms with van der Waals surface area (Å²) in [5, 5.41) is 2.66. The molecule has 1 aromatic carbocycles. The van der Waals surface area contributed by atoms with Crippen molar-refractivity contribution in [2.24, 2.45) is 0 Å². The molecule has 2 heterocycles. The average molecular weight is 260 g/mol. The molecule has 19 heavy (non-hydrogen) atoms. The van der Waals surface area contributed by atoms with Gasteiger partial charge in [0.2, 0.25) is 11.9 Å². The van der Waals surface area contributed by atoms with Crippen molar-refractivity contribution in [3.8, 4) is 0 Å². The van der Waals surface area contributed by atoms with E-state index < -0.39 is 17.7 Å². The van der Waals surface area contributed by atoms with Crippen LogP contribution in [0.15, 0.2) is 30.5 Å². The number of para-hydroxylation sites is 1. The lowest BCUT2D eigenvalue weighted by atomic mass is 9.90. The van der Waals surface area contributed by atoms with Gasteiger partial charge in [-0.15, -0.1) is 0 Å². The topological polar surface area (TPSA) is 42.0 Å². The molecule has 5 heteroatoms. The third-order valence-corrected chi connectivity index (χ3v) is 3.36. The highest BCUT2D eigenvalue weighted by Crippen LogP contribution is 2.39. The van der Waals surface area contributed by atoms with Crippen LogP contribution in [-0.4, -0.2) is 10.9 Å². The normalized spacial score (nSPS) is 17.2. The Bertz CT molecular complexity index is 685. The van der Waals surface area contributed by atoms with E-state index in [1.165, 1.54) is 6.92 Å². The van der Waals surface area contributed by atoms with Gasteiger partial charge in [0.25, 0.3) is 0 Å². The third kappa shape index (κ3) is 1.69. The Morgan fingerprint density at radius 2 is 2.00 bits per heavy atom. The molecule has 96 valence electrons. The molecular formula is C14H10F2N2O. The van der Waals surface area contributed by atoms with Crippen LogP contribution >= 0.6 is 0 Å². The van der Waals surface area contributed by atoms with Crippen LogP contribution in [0.3, 0.4) is 0 Å². The fourth-order valence-electron chi connectivity index (χ4n) is 2.39. The van der Waals surface area contributed by atoms with E-state index in [4.69, 9.17) is 0 Å². The minimum Gasteiger partial charge on any atom is -0.325 e.